The first-order chi connectivity index (χ1) is 9.61. The molecule has 2 N–H and O–H groups in total. The van der Waals surface area contributed by atoms with Crippen LogP contribution in [0.3, 0.4) is 0 Å². The van der Waals surface area contributed by atoms with Gasteiger partial charge in [0.05, 0.1) is 6.61 Å². The van der Waals surface area contributed by atoms with Crippen molar-refractivity contribution in [1.82, 2.24) is 25.6 Å². The average molecular weight is 277 g/mol. The van der Waals surface area contributed by atoms with Crippen LogP contribution in [0.1, 0.15) is 26.7 Å². The summed E-state index contributed by atoms with van der Waals surface area (Å²) in [6.07, 6.45) is 3.28. The van der Waals surface area contributed by atoms with Crippen molar-refractivity contribution < 1.29 is 9.84 Å². The summed E-state index contributed by atoms with van der Waals surface area (Å²) < 4.78 is 5.60. The van der Waals surface area contributed by atoms with Crippen LogP contribution in [0.4, 0.5) is 0 Å². The first-order valence-corrected chi connectivity index (χ1v) is 6.54. The number of tetrazole rings is 1. The van der Waals surface area contributed by atoms with Gasteiger partial charge in [-0.1, -0.05) is 13.8 Å². The van der Waals surface area contributed by atoms with Crippen LogP contribution in [-0.4, -0.2) is 43.9 Å². The molecule has 0 amide bonds. The molecule has 0 fully saturated rings. The Morgan fingerprint density at radius 1 is 1.30 bits per heavy atom. The zero-order chi connectivity index (χ0) is 14.4. The predicted octanol–water partition coefficient (Wildman–Crippen LogP) is 1.44. The highest BCUT2D eigenvalue weighted by atomic mass is 16.5. The lowest BCUT2D eigenvalue weighted by Gasteiger charge is -2.23. The van der Waals surface area contributed by atoms with E-state index in [1.165, 1.54) is 0 Å². The highest BCUT2D eigenvalue weighted by Crippen LogP contribution is 2.24. The topological polar surface area (TPSA) is 96.8 Å². The molecule has 2 heterocycles. The molecule has 0 unspecified atom stereocenters. The molecule has 0 bridgehead atoms. The number of aromatic nitrogens is 5. The van der Waals surface area contributed by atoms with E-state index in [1.54, 1.807) is 12.3 Å². The Morgan fingerprint density at radius 2 is 2.15 bits per heavy atom. The maximum absolute atomic E-state index is 8.97. The Morgan fingerprint density at radius 3 is 2.75 bits per heavy atom. The first-order valence-electron chi connectivity index (χ1n) is 6.54. The van der Waals surface area contributed by atoms with Gasteiger partial charge >= 0.3 is 0 Å². The Bertz CT molecular complexity index is 510. The molecule has 2 rings (SSSR count). The Balaban J connectivity index is 1.85. The average Bonchev–Trinajstić information content (AvgIpc) is 2.93. The van der Waals surface area contributed by atoms with Gasteiger partial charge in [-0.05, 0) is 29.5 Å². The van der Waals surface area contributed by atoms with E-state index in [2.05, 4.69) is 39.5 Å². The summed E-state index contributed by atoms with van der Waals surface area (Å²) in [4.78, 5) is 4.21. The van der Waals surface area contributed by atoms with Crippen molar-refractivity contribution in [3.8, 4) is 17.3 Å². The summed E-state index contributed by atoms with van der Waals surface area (Å²) in [5.41, 5.74) is 0.853. The smallest absolute Gasteiger partial charge is 0.213 e. The number of nitrogens with zero attached hydrogens (tertiary/aromatic N) is 4. The number of aliphatic hydroxyl groups is 1. The van der Waals surface area contributed by atoms with Crippen molar-refractivity contribution in [2.75, 3.05) is 13.2 Å². The number of aliphatic hydroxyl groups excluding tert-OH is 1. The summed E-state index contributed by atoms with van der Waals surface area (Å²) in [5.74, 6) is 1.07. The van der Waals surface area contributed by atoms with Gasteiger partial charge in [-0.15, -0.1) is 10.2 Å². The van der Waals surface area contributed by atoms with Crippen molar-refractivity contribution in [3.05, 3.63) is 18.3 Å². The maximum atomic E-state index is 8.97. The van der Waals surface area contributed by atoms with E-state index in [4.69, 9.17) is 9.84 Å². The Hall–Kier alpha value is -2.02. The van der Waals surface area contributed by atoms with Crippen LogP contribution in [0.2, 0.25) is 0 Å². The molecule has 0 radical (unpaired) electrons. The van der Waals surface area contributed by atoms with E-state index in [1.807, 2.05) is 6.07 Å². The third-order valence-electron chi connectivity index (χ3n) is 3.16. The maximum Gasteiger partial charge on any atom is 0.213 e. The standard InChI is InChI=1S/C13H19N5O2/c1-13(2,5-7-19)6-8-20-11-4-3-10(9-14-11)12-15-17-18-16-12/h3-4,9,19H,5-8H2,1-2H3,(H,15,16,17,18). The summed E-state index contributed by atoms with van der Waals surface area (Å²) in [6, 6.07) is 3.62. The molecule has 0 atom stereocenters. The largest absolute Gasteiger partial charge is 0.478 e. The fourth-order valence-electron chi connectivity index (χ4n) is 1.74. The Kier molecular flexibility index (Phi) is 4.62. The van der Waals surface area contributed by atoms with Gasteiger partial charge in [0, 0.05) is 24.4 Å². The Labute approximate surface area is 117 Å². The number of aromatic amines is 1. The minimum Gasteiger partial charge on any atom is -0.478 e. The van der Waals surface area contributed by atoms with Crippen LogP contribution in [0.5, 0.6) is 5.88 Å². The molecule has 7 nitrogen and oxygen atoms in total. The number of hydrogen-bond acceptors (Lipinski definition) is 6. The second-order valence-electron chi connectivity index (χ2n) is 5.36. The molecule has 0 saturated heterocycles. The van der Waals surface area contributed by atoms with Crippen molar-refractivity contribution in [2.24, 2.45) is 5.41 Å². The molecule has 0 aliphatic heterocycles. The number of nitrogens with one attached hydrogen (secondary N) is 1. The highest BCUT2D eigenvalue weighted by Gasteiger charge is 2.17. The van der Waals surface area contributed by atoms with Crippen molar-refractivity contribution in [3.63, 3.8) is 0 Å². The second-order valence-corrected chi connectivity index (χ2v) is 5.36. The summed E-state index contributed by atoms with van der Waals surface area (Å²) in [5, 5.41) is 22.6. The molecule has 2 aromatic heterocycles. The number of rotatable bonds is 7. The molecule has 0 aliphatic rings. The lowest BCUT2D eigenvalue weighted by molar-refractivity contribution is 0.170. The number of hydrogen-bond donors (Lipinski definition) is 2. The summed E-state index contributed by atoms with van der Waals surface area (Å²) >= 11 is 0. The summed E-state index contributed by atoms with van der Waals surface area (Å²) in [7, 11) is 0. The molecule has 0 aliphatic carbocycles. The molecular weight excluding hydrogens is 258 g/mol. The van der Waals surface area contributed by atoms with E-state index in [-0.39, 0.29) is 12.0 Å². The van der Waals surface area contributed by atoms with E-state index >= 15 is 0 Å². The molecule has 2 aromatic rings. The molecule has 7 heteroatoms. The predicted molar refractivity (Wildman–Crippen MR) is 73.0 cm³/mol. The molecule has 0 saturated carbocycles. The highest BCUT2D eigenvalue weighted by molar-refractivity contribution is 5.52. The third-order valence-corrected chi connectivity index (χ3v) is 3.16. The second kappa shape index (κ2) is 6.42. The van der Waals surface area contributed by atoms with E-state index in [0.717, 1.165) is 18.4 Å². The number of H-pyrrole nitrogens is 1. The van der Waals surface area contributed by atoms with Gasteiger partial charge in [-0.2, -0.15) is 5.21 Å². The number of ether oxygens (including phenoxy) is 1. The van der Waals surface area contributed by atoms with E-state index in [9.17, 15) is 0 Å². The van der Waals surface area contributed by atoms with Crippen molar-refractivity contribution in [2.45, 2.75) is 26.7 Å². The van der Waals surface area contributed by atoms with Gasteiger partial charge in [-0.25, -0.2) is 4.98 Å². The normalized spacial score (nSPS) is 11.6. The minimum absolute atomic E-state index is 0.0688. The van der Waals surface area contributed by atoms with Crippen molar-refractivity contribution in [1.29, 1.82) is 0 Å². The lowest BCUT2D eigenvalue weighted by Crippen LogP contribution is -2.17. The van der Waals surface area contributed by atoms with Gasteiger partial charge in [-0.3, -0.25) is 0 Å². The van der Waals surface area contributed by atoms with Crippen LogP contribution < -0.4 is 4.74 Å². The quantitative estimate of drug-likeness (QED) is 0.794. The van der Waals surface area contributed by atoms with Gasteiger partial charge in [0.25, 0.3) is 0 Å². The zero-order valence-electron chi connectivity index (χ0n) is 11.7. The minimum atomic E-state index is 0.0688. The summed E-state index contributed by atoms with van der Waals surface area (Å²) in [6.45, 7) is 4.99. The molecule has 108 valence electrons. The van der Waals surface area contributed by atoms with Crippen LogP contribution in [0, 0.1) is 5.41 Å². The van der Waals surface area contributed by atoms with E-state index < -0.39 is 0 Å². The number of pyridine rings is 1. The van der Waals surface area contributed by atoms with Crippen LogP contribution in [0.25, 0.3) is 11.4 Å². The fourth-order valence-corrected chi connectivity index (χ4v) is 1.74. The molecule has 0 aromatic carbocycles. The van der Waals surface area contributed by atoms with Crippen LogP contribution in [0.15, 0.2) is 18.3 Å². The van der Waals surface area contributed by atoms with Crippen LogP contribution >= 0.6 is 0 Å². The molecule has 0 spiro atoms. The van der Waals surface area contributed by atoms with Gasteiger partial charge in [0.2, 0.25) is 11.7 Å². The fraction of sp³-hybridized carbons (Fsp3) is 0.538. The third kappa shape index (κ3) is 3.99. The monoisotopic (exact) mass is 277 g/mol. The van der Waals surface area contributed by atoms with Gasteiger partial charge in [0.15, 0.2) is 0 Å². The molecular formula is C13H19N5O2. The van der Waals surface area contributed by atoms with Crippen LogP contribution in [-0.2, 0) is 0 Å². The molecule has 20 heavy (non-hydrogen) atoms. The zero-order valence-corrected chi connectivity index (χ0v) is 11.7. The SMILES string of the molecule is CC(C)(CCO)CCOc1ccc(-c2nn[nH]n2)cn1. The lowest BCUT2D eigenvalue weighted by atomic mass is 9.86. The van der Waals surface area contributed by atoms with Gasteiger partial charge in [0.1, 0.15) is 0 Å². The first kappa shape index (κ1) is 14.4. The van der Waals surface area contributed by atoms with E-state index in [0.29, 0.717) is 18.3 Å². The van der Waals surface area contributed by atoms with Crippen molar-refractivity contribution >= 4 is 0 Å². The van der Waals surface area contributed by atoms with Gasteiger partial charge < -0.3 is 9.84 Å².